The summed E-state index contributed by atoms with van der Waals surface area (Å²) in [4.78, 5) is 28.1. The van der Waals surface area contributed by atoms with E-state index in [1.165, 1.54) is 35.5 Å². The van der Waals surface area contributed by atoms with E-state index in [1.54, 1.807) is 44.2 Å². The van der Waals surface area contributed by atoms with Gasteiger partial charge >= 0.3 is 19.4 Å². The van der Waals surface area contributed by atoms with Crippen LogP contribution >= 0.6 is 19.5 Å². The molecule has 186 valence electrons. The fraction of sp³-hybridized carbons (Fsp3) is 0.476. The van der Waals surface area contributed by atoms with Gasteiger partial charge < -0.3 is 20.1 Å². The largest absolute Gasteiger partial charge is 0.462 e. The third-order valence-electron chi connectivity index (χ3n) is 4.80. The minimum absolute atomic E-state index is 0.111. The van der Waals surface area contributed by atoms with Crippen molar-refractivity contribution in [3.63, 3.8) is 0 Å². The van der Waals surface area contributed by atoms with Crippen LogP contribution in [0.4, 0.5) is 5.82 Å². The van der Waals surface area contributed by atoms with Crippen LogP contribution < -0.4 is 21.0 Å². The van der Waals surface area contributed by atoms with Crippen molar-refractivity contribution >= 4 is 31.3 Å². The van der Waals surface area contributed by atoms with E-state index in [0.717, 1.165) is 0 Å². The van der Waals surface area contributed by atoms with Crippen LogP contribution in [0.3, 0.4) is 0 Å². The normalized spacial score (nSPS) is 22.8. The Morgan fingerprint density at radius 3 is 2.68 bits per heavy atom. The van der Waals surface area contributed by atoms with Gasteiger partial charge in [0.2, 0.25) is 0 Å². The number of carbonyl (C=O) groups excluding carboxylic acids is 1. The zero-order valence-corrected chi connectivity index (χ0v) is 20.8. The highest BCUT2D eigenvalue weighted by atomic mass is 32.2. The standard InChI is InChI=1S/C21H29N4O7PS/c1-13(2)31-20(27)14(3)24-33(29,32-15-7-5-4-6-8-15)30-12-17-16(26)11-19(34-17)25-10-9-18(22)23-21(25)28/h4-10,13-14,16-17,19,26H,11-12H2,1-3H3,(H,24,29)(H2,22,23,28)/t14-,16-,17+,19+,33-/m0/s1. The van der Waals surface area contributed by atoms with Crippen LogP contribution in [-0.2, 0) is 18.6 Å². The highest BCUT2D eigenvalue weighted by molar-refractivity contribution is 8.00. The summed E-state index contributed by atoms with van der Waals surface area (Å²) in [6, 6.07) is 8.90. The lowest BCUT2D eigenvalue weighted by Crippen LogP contribution is -2.37. The molecule has 13 heteroatoms. The fourth-order valence-corrected chi connectivity index (χ4v) is 6.25. The van der Waals surface area contributed by atoms with Crippen molar-refractivity contribution in [1.29, 1.82) is 0 Å². The van der Waals surface area contributed by atoms with Crippen LogP contribution in [0.1, 0.15) is 32.6 Å². The summed E-state index contributed by atoms with van der Waals surface area (Å²) in [6.45, 7) is 4.74. The van der Waals surface area contributed by atoms with Crippen molar-refractivity contribution in [3.05, 3.63) is 53.1 Å². The summed E-state index contributed by atoms with van der Waals surface area (Å²) in [5.41, 5.74) is 5.02. The number of anilines is 1. The molecule has 3 rings (SSSR count). The number of nitrogen functional groups attached to an aromatic ring is 1. The number of carbonyl (C=O) groups is 1. The third-order valence-corrected chi connectivity index (χ3v) is 7.98. The molecule has 2 aromatic rings. The molecule has 11 nitrogen and oxygen atoms in total. The number of benzene rings is 1. The van der Waals surface area contributed by atoms with E-state index in [0.29, 0.717) is 0 Å². The molecule has 0 aliphatic carbocycles. The second-order valence-corrected chi connectivity index (χ2v) is 11.1. The number of thioether (sulfide) groups is 1. The van der Waals surface area contributed by atoms with Gasteiger partial charge in [-0.1, -0.05) is 18.2 Å². The van der Waals surface area contributed by atoms with Gasteiger partial charge in [-0.15, -0.1) is 11.8 Å². The molecule has 0 bridgehead atoms. The van der Waals surface area contributed by atoms with Crippen molar-refractivity contribution in [2.75, 3.05) is 12.3 Å². The van der Waals surface area contributed by atoms with E-state index < -0.39 is 42.2 Å². The van der Waals surface area contributed by atoms with Crippen LogP contribution in [0.5, 0.6) is 5.75 Å². The lowest BCUT2D eigenvalue weighted by Gasteiger charge is -2.25. The maximum absolute atomic E-state index is 13.6. The molecule has 0 unspecified atom stereocenters. The maximum atomic E-state index is 13.6. The summed E-state index contributed by atoms with van der Waals surface area (Å²) in [5, 5.41) is 12.2. The quantitative estimate of drug-likeness (QED) is 0.317. The summed E-state index contributed by atoms with van der Waals surface area (Å²) >= 11 is 1.28. The fourth-order valence-electron chi connectivity index (χ4n) is 3.19. The highest BCUT2D eigenvalue weighted by Gasteiger charge is 2.39. The Bertz CT molecular complexity index is 1080. The molecular formula is C21H29N4O7PS. The third kappa shape index (κ3) is 7.07. The van der Waals surface area contributed by atoms with Crippen LogP contribution in [0.15, 0.2) is 47.4 Å². The number of nitrogens with one attached hydrogen (secondary N) is 1. The van der Waals surface area contributed by atoms with Crippen molar-refractivity contribution in [3.8, 4) is 5.75 Å². The first-order chi connectivity index (χ1) is 16.1. The van der Waals surface area contributed by atoms with Crippen molar-refractivity contribution in [2.45, 2.75) is 56.1 Å². The minimum Gasteiger partial charge on any atom is -0.462 e. The predicted molar refractivity (Wildman–Crippen MR) is 128 cm³/mol. The molecule has 1 aromatic heterocycles. The average molecular weight is 513 g/mol. The Labute approximate surface area is 201 Å². The molecule has 34 heavy (non-hydrogen) atoms. The van der Waals surface area contributed by atoms with Crippen LogP contribution in [0.25, 0.3) is 0 Å². The molecule has 2 heterocycles. The van der Waals surface area contributed by atoms with Crippen molar-refractivity contribution in [1.82, 2.24) is 14.6 Å². The number of aliphatic hydroxyl groups excluding tert-OH is 1. The first-order valence-corrected chi connectivity index (χ1v) is 13.2. The second kappa shape index (κ2) is 11.4. The Balaban J connectivity index is 1.71. The van der Waals surface area contributed by atoms with Gasteiger partial charge in [-0.05, 0) is 39.0 Å². The molecule has 4 N–H and O–H groups in total. The van der Waals surface area contributed by atoms with E-state index in [1.807, 2.05) is 0 Å². The zero-order chi connectivity index (χ0) is 24.9. The lowest BCUT2D eigenvalue weighted by molar-refractivity contribution is -0.149. The van der Waals surface area contributed by atoms with Gasteiger partial charge in [-0.25, -0.2) is 9.36 Å². The van der Waals surface area contributed by atoms with Gasteiger partial charge in [0.25, 0.3) is 0 Å². The number of rotatable bonds is 10. The average Bonchev–Trinajstić information content (AvgIpc) is 3.12. The molecule has 1 aliphatic heterocycles. The number of para-hydroxylation sites is 1. The number of hydrogen-bond donors (Lipinski definition) is 3. The van der Waals surface area contributed by atoms with E-state index in [9.17, 15) is 19.3 Å². The van der Waals surface area contributed by atoms with Crippen molar-refractivity contribution < 1.29 is 28.3 Å². The minimum atomic E-state index is -4.05. The summed E-state index contributed by atoms with van der Waals surface area (Å²) < 4.78 is 31.4. The highest BCUT2D eigenvalue weighted by Crippen LogP contribution is 2.48. The van der Waals surface area contributed by atoms with Gasteiger partial charge in [0.05, 0.1) is 29.4 Å². The van der Waals surface area contributed by atoms with Gasteiger partial charge in [0.15, 0.2) is 0 Å². The second-order valence-electron chi connectivity index (χ2n) is 8.01. The first-order valence-electron chi connectivity index (χ1n) is 10.7. The topological polar surface area (TPSA) is 155 Å². The Hall–Kier alpha value is -2.37. The Morgan fingerprint density at radius 2 is 2.03 bits per heavy atom. The van der Waals surface area contributed by atoms with Crippen LogP contribution in [-0.4, -0.2) is 50.7 Å². The first kappa shape index (κ1) is 26.2. The monoisotopic (exact) mass is 512 g/mol. The number of hydrogen-bond acceptors (Lipinski definition) is 10. The zero-order valence-electron chi connectivity index (χ0n) is 19.1. The van der Waals surface area contributed by atoms with Crippen molar-refractivity contribution in [2.24, 2.45) is 0 Å². The van der Waals surface area contributed by atoms with E-state index in [2.05, 4.69) is 10.1 Å². The number of esters is 1. The summed E-state index contributed by atoms with van der Waals surface area (Å²) in [6.07, 6.45) is 0.595. The summed E-state index contributed by atoms with van der Waals surface area (Å²) in [7, 11) is -4.05. The molecule has 1 saturated heterocycles. The van der Waals surface area contributed by atoms with Gasteiger partial charge in [-0.3, -0.25) is 13.9 Å². The molecule has 0 amide bonds. The Kier molecular flexibility index (Phi) is 8.78. The SMILES string of the molecule is CC(C)OC(=O)[C@H](C)N[P@](=O)(OC[C@H]1S[C@@H](n2ccc(N)nc2=O)C[C@@H]1O)Oc1ccccc1. The maximum Gasteiger partial charge on any atom is 0.459 e. The Morgan fingerprint density at radius 1 is 1.32 bits per heavy atom. The van der Waals surface area contributed by atoms with Crippen LogP contribution in [0, 0.1) is 0 Å². The molecule has 5 atom stereocenters. The van der Waals surface area contributed by atoms with Gasteiger partial charge in [-0.2, -0.15) is 10.1 Å². The molecule has 1 aromatic carbocycles. The van der Waals surface area contributed by atoms with E-state index in [4.69, 9.17) is 19.5 Å². The summed E-state index contributed by atoms with van der Waals surface area (Å²) in [5.74, 6) is -0.222. The van der Waals surface area contributed by atoms with Gasteiger partial charge in [0, 0.05) is 12.6 Å². The van der Waals surface area contributed by atoms with Gasteiger partial charge in [0.1, 0.15) is 17.6 Å². The smallest absolute Gasteiger partial charge is 0.459 e. The predicted octanol–water partition coefficient (Wildman–Crippen LogP) is 2.32. The van der Waals surface area contributed by atoms with Crippen LogP contribution in [0.2, 0.25) is 0 Å². The molecule has 0 saturated carbocycles. The molecule has 1 aliphatic rings. The molecule has 0 radical (unpaired) electrons. The lowest BCUT2D eigenvalue weighted by atomic mass is 10.2. The van der Waals surface area contributed by atoms with E-state index >= 15 is 0 Å². The van der Waals surface area contributed by atoms with E-state index in [-0.39, 0.29) is 30.7 Å². The molecular weight excluding hydrogens is 483 g/mol. The number of ether oxygens (including phenoxy) is 1. The number of aliphatic hydroxyl groups is 1. The number of aromatic nitrogens is 2. The molecule has 1 fully saturated rings. The number of nitrogens with zero attached hydrogens (tertiary/aromatic N) is 2. The number of nitrogens with two attached hydrogens (primary N) is 1. The molecule has 0 spiro atoms.